The number of carbonyl (C=O) groups is 4. The second-order valence-corrected chi connectivity index (χ2v) is 8.12. The lowest BCUT2D eigenvalue weighted by Gasteiger charge is -2.29. The topological polar surface area (TPSA) is 105 Å². The van der Waals surface area contributed by atoms with Crippen LogP contribution in [0.5, 0.6) is 5.75 Å². The van der Waals surface area contributed by atoms with Gasteiger partial charge in [-0.15, -0.1) is 0 Å². The number of nitrogens with zero attached hydrogens (tertiary/aromatic N) is 1. The van der Waals surface area contributed by atoms with E-state index in [1.54, 1.807) is 19.2 Å². The van der Waals surface area contributed by atoms with E-state index >= 15 is 0 Å². The van der Waals surface area contributed by atoms with Gasteiger partial charge in [-0.2, -0.15) is 0 Å². The number of piperidine rings is 1. The molecule has 0 bridgehead atoms. The molecule has 0 radical (unpaired) electrons. The van der Waals surface area contributed by atoms with Crippen molar-refractivity contribution in [1.29, 1.82) is 0 Å². The number of amides is 4. The first-order chi connectivity index (χ1) is 15.4. The van der Waals surface area contributed by atoms with Gasteiger partial charge < -0.3 is 15.0 Å². The van der Waals surface area contributed by atoms with Crippen molar-refractivity contribution < 1.29 is 23.9 Å². The number of nitrogens with one attached hydrogen (secondary N) is 2. The third kappa shape index (κ3) is 4.34. The van der Waals surface area contributed by atoms with Crippen molar-refractivity contribution in [3.05, 3.63) is 58.7 Å². The molecule has 4 amide bonds. The van der Waals surface area contributed by atoms with E-state index in [1.807, 2.05) is 31.2 Å². The standard InChI is InChI=1S/C24H25N3O5/c1-14-3-7-17(12-20(14)32-2)25-21(28)9-5-15-4-6-16-13-27(24(31)18(16)11-15)19-8-10-22(29)26-23(19)30/h3-4,6-7,11-12,19H,5,8-10,13H2,1-2H3,(H,25,28)(H,26,29,30). The summed E-state index contributed by atoms with van der Waals surface area (Å²) in [6.45, 7) is 2.28. The lowest BCUT2D eigenvalue weighted by atomic mass is 10.0. The van der Waals surface area contributed by atoms with E-state index in [2.05, 4.69) is 10.6 Å². The first kappa shape index (κ1) is 21.5. The third-order valence-electron chi connectivity index (χ3n) is 5.93. The van der Waals surface area contributed by atoms with Crippen molar-refractivity contribution in [1.82, 2.24) is 10.2 Å². The van der Waals surface area contributed by atoms with Gasteiger partial charge in [-0.25, -0.2) is 0 Å². The Balaban J connectivity index is 1.38. The van der Waals surface area contributed by atoms with Crippen LogP contribution >= 0.6 is 0 Å². The Morgan fingerprint density at radius 1 is 1.19 bits per heavy atom. The summed E-state index contributed by atoms with van der Waals surface area (Å²) < 4.78 is 5.28. The third-order valence-corrected chi connectivity index (χ3v) is 5.93. The summed E-state index contributed by atoms with van der Waals surface area (Å²) in [5.41, 5.74) is 3.93. The maximum Gasteiger partial charge on any atom is 0.255 e. The van der Waals surface area contributed by atoms with Gasteiger partial charge in [0.2, 0.25) is 17.7 Å². The first-order valence-corrected chi connectivity index (χ1v) is 10.6. The monoisotopic (exact) mass is 435 g/mol. The molecule has 4 rings (SSSR count). The fourth-order valence-electron chi connectivity index (χ4n) is 4.14. The van der Waals surface area contributed by atoms with Crippen molar-refractivity contribution in [2.45, 2.75) is 45.2 Å². The molecule has 0 spiro atoms. The molecule has 1 fully saturated rings. The second kappa shape index (κ2) is 8.82. The van der Waals surface area contributed by atoms with Crippen molar-refractivity contribution in [2.24, 2.45) is 0 Å². The summed E-state index contributed by atoms with van der Waals surface area (Å²) >= 11 is 0. The molecule has 2 aromatic rings. The molecule has 1 saturated heterocycles. The summed E-state index contributed by atoms with van der Waals surface area (Å²) in [5, 5.41) is 5.17. The van der Waals surface area contributed by atoms with E-state index < -0.39 is 11.9 Å². The Morgan fingerprint density at radius 2 is 2.00 bits per heavy atom. The molecule has 1 unspecified atom stereocenters. The quantitative estimate of drug-likeness (QED) is 0.678. The number of ether oxygens (including phenoxy) is 1. The number of hydrogen-bond acceptors (Lipinski definition) is 5. The Bertz CT molecular complexity index is 1110. The minimum atomic E-state index is -0.631. The Morgan fingerprint density at radius 3 is 2.75 bits per heavy atom. The normalized spacial score (nSPS) is 17.8. The van der Waals surface area contributed by atoms with Crippen LogP contribution in [0.25, 0.3) is 0 Å². The number of methoxy groups -OCH3 is 1. The summed E-state index contributed by atoms with van der Waals surface area (Å²) in [6, 6.07) is 10.4. The van der Waals surface area contributed by atoms with Crippen LogP contribution in [0, 0.1) is 6.92 Å². The zero-order chi connectivity index (χ0) is 22.8. The summed E-state index contributed by atoms with van der Waals surface area (Å²) in [4.78, 5) is 50.4. The molecule has 166 valence electrons. The predicted molar refractivity (Wildman–Crippen MR) is 117 cm³/mol. The average Bonchev–Trinajstić information content (AvgIpc) is 3.09. The summed E-state index contributed by atoms with van der Waals surface area (Å²) in [5.74, 6) is -0.368. The smallest absolute Gasteiger partial charge is 0.255 e. The fraction of sp³-hybridized carbons (Fsp3) is 0.333. The molecule has 2 aromatic carbocycles. The van der Waals surface area contributed by atoms with Crippen LogP contribution in [0.15, 0.2) is 36.4 Å². The molecule has 2 heterocycles. The zero-order valence-electron chi connectivity index (χ0n) is 18.1. The number of benzene rings is 2. The molecule has 0 saturated carbocycles. The molecule has 2 aliphatic heterocycles. The number of rotatable bonds is 6. The molecule has 8 nitrogen and oxygen atoms in total. The van der Waals surface area contributed by atoms with Crippen molar-refractivity contribution in [3.63, 3.8) is 0 Å². The molecule has 2 aliphatic rings. The Hall–Kier alpha value is -3.68. The highest BCUT2D eigenvalue weighted by atomic mass is 16.5. The number of hydrogen-bond donors (Lipinski definition) is 2. The van der Waals surface area contributed by atoms with Gasteiger partial charge >= 0.3 is 0 Å². The van der Waals surface area contributed by atoms with E-state index in [0.717, 1.165) is 16.7 Å². The van der Waals surface area contributed by atoms with E-state index in [1.165, 1.54) is 4.90 Å². The number of carbonyl (C=O) groups excluding carboxylic acids is 4. The van der Waals surface area contributed by atoms with Gasteiger partial charge in [-0.1, -0.05) is 18.2 Å². The van der Waals surface area contributed by atoms with Crippen LogP contribution in [0.2, 0.25) is 0 Å². The number of imide groups is 1. The van der Waals surface area contributed by atoms with Gasteiger partial charge in [0.25, 0.3) is 5.91 Å². The van der Waals surface area contributed by atoms with Crippen LogP contribution in [0.3, 0.4) is 0 Å². The molecule has 2 N–H and O–H groups in total. The minimum Gasteiger partial charge on any atom is -0.496 e. The van der Waals surface area contributed by atoms with Gasteiger partial charge in [-0.05, 0) is 48.6 Å². The van der Waals surface area contributed by atoms with E-state index in [0.29, 0.717) is 36.4 Å². The lowest BCUT2D eigenvalue weighted by molar-refractivity contribution is -0.137. The van der Waals surface area contributed by atoms with Crippen LogP contribution in [0.4, 0.5) is 5.69 Å². The molecule has 0 aliphatic carbocycles. The highest BCUT2D eigenvalue weighted by Gasteiger charge is 2.39. The molecular formula is C24H25N3O5. The predicted octanol–water partition coefficient (Wildman–Crippen LogP) is 2.34. The van der Waals surface area contributed by atoms with Gasteiger partial charge in [0.05, 0.1) is 7.11 Å². The number of aryl methyl sites for hydroxylation is 2. The second-order valence-electron chi connectivity index (χ2n) is 8.12. The van der Waals surface area contributed by atoms with Crippen molar-refractivity contribution in [2.75, 3.05) is 12.4 Å². The molecule has 32 heavy (non-hydrogen) atoms. The summed E-state index contributed by atoms with van der Waals surface area (Å²) in [6.07, 6.45) is 1.30. The highest BCUT2D eigenvalue weighted by Crippen LogP contribution is 2.28. The lowest BCUT2D eigenvalue weighted by Crippen LogP contribution is -2.52. The van der Waals surface area contributed by atoms with E-state index in [9.17, 15) is 19.2 Å². The maximum atomic E-state index is 12.9. The Kier molecular flexibility index (Phi) is 5.94. The zero-order valence-corrected chi connectivity index (χ0v) is 18.1. The Labute approximate surface area is 185 Å². The average molecular weight is 435 g/mol. The SMILES string of the molecule is COc1cc(NC(=O)CCc2ccc3c(c2)C(=O)N(C2CCC(=O)NC2=O)C3)ccc1C. The van der Waals surface area contributed by atoms with Crippen LogP contribution < -0.4 is 15.4 Å². The summed E-state index contributed by atoms with van der Waals surface area (Å²) in [7, 11) is 1.59. The largest absolute Gasteiger partial charge is 0.496 e. The van der Waals surface area contributed by atoms with E-state index in [4.69, 9.17) is 4.74 Å². The molecule has 8 heteroatoms. The van der Waals surface area contributed by atoms with Gasteiger partial charge in [0, 0.05) is 36.7 Å². The molecular weight excluding hydrogens is 410 g/mol. The number of anilines is 1. The van der Waals surface area contributed by atoms with E-state index in [-0.39, 0.29) is 30.6 Å². The van der Waals surface area contributed by atoms with Crippen LogP contribution in [-0.4, -0.2) is 41.7 Å². The molecule has 0 aromatic heterocycles. The fourth-order valence-corrected chi connectivity index (χ4v) is 4.14. The van der Waals surface area contributed by atoms with Gasteiger partial charge in [0.15, 0.2) is 0 Å². The number of fused-ring (bicyclic) bond motifs is 1. The maximum absolute atomic E-state index is 12.9. The minimum absolute atomic E-state index is 0.132. The first-order valence-electron chi connectivity index (χ1n) is 10.6. The van der Waals surface area contributed by atoms with Gasteiger partial charge in [0.1, 0.15) is 11.8 Å². The van der Waals surface area contributed by atoms with Crippen LogP contribution in [-0.2, 0) is 27.3 Å². The van der Waals surface area contributed by atoms with Gasteiger partial charge in [-0.3, -0.25) is 24.5 Å². The van der Waals surface area contributed by atoms with Crippen molar-refractivity contribution in [3.8, 4) is 5.75 Å². The van der Waals surface area contributed by atoms with Crippen LogP contribution in [0.1, 0.15) is 46.3 Å². The van der Waals surface area contributed by atoms with Crippen molar-refractivity contribution >= 4 is 29.3 Å². The highest BCUT2D eigenvalue weighted by molar-refractivity contribution is 6.05. The molecule has 1 atom stereocenters.